The molecule has 156 valence electrons. The van der Waals surface area contributed by atoms with Gasteiger partial charge in [0.25, 0.3) is 0 Å². The summed E-state index contributed by atoms with van der Waals surface area (Å²) < 4.78 is 0. The summed E-state index contributed by atoms with van der Waals surface area (Å²) >= 11 is 0. The fourth-order valence-corrected chi connectivity index (χ4v) is 3.73. The van der Waals surface area contributed by atoms with E-state index in [4.69, 9.17) is 4.98 Å². The first-order valence-corrected chi connectivity index (χ1v) is 10.6. The molecule has 0 spiro atoms. The van der Waals surface area contributed by atoms with Gasteiger partial charge in [0.1, 0.15) is 0 Å². The maximum Gasteiger partial charge on any atom is 0.225 e. The Bertz CT molecular complexity index is 920. The van der Waals surface area contributed by atoms with E-state index in [2.05, 4.69) is 75.0 Å². The second-order valence-electron chi connectivity index (χ2n) is 8.12. The fourth-order valence-electron chi connectivity index (χ4n) is 3.73. The minimum atomic E-state index is 0.777. The number of pyridine rings is 1. The van der Waals surface area contributed by atoms with Crippen molar-refractivity contribution in [2.24, 2.45) is 0 Å². The van der Waals surface area contributed by atoms with Gasteiger partial charge >= 0.3 is 0 Å². The van der Waals surface area contributed by atoms with Gasteiger partial charge in [-0.3, -0.25) is 9.88 Å². The number of rotatable bonds is 7. The Morgan fingerprint density at radius 1 is 0.800 bits per heavy atom. The van der Waals surface area contributed by atoms with Crippen LogP contribution in [-0.2, 0) is 19.6 Å². The van der Waals surface area contributed by atoms with Crippen LogP contribution < -0.4 is 4.90 Å². The van der Waals surface area contributed by atoms with Crippen LogP contribution in [0.2, 0.25) is 0 Å². The molecule has 2 aromatic heterocycles. The largest absolute Gasteiger partial charge is 0.338 e. The fraction of sp³-hybridized carbons (Fsp3) is 0.375. The Labute approximate surface area is 179 Å². The van der Waals surface area contributed by atoms with E-state index in [1.807, 2.05) is 24.7 Å². The average molecular weight is 403 g/mol. The maximum atomic E-state index is 4.90. The second kappa shape index (κ2) is 9.78. The van der Waals surface area contributed by atoms with Gasteiger partial charge in [-0.15, -0.1) is 0 Å². The first-order chi connectivity index (χ1) is 14.7. The molecule has 1 aromatic carbocycles. The van der Waals surface area contributed by atoms with E-state index in [0.717, 1.165) is 57.5 Å². The van der Waals surface area contributed by atoms with E-state index in [-0.39, 0.29) is 0 Å². The van der Waals surface area contributed by atoms with Crippen molar-refractivity contribution < 1.29 is 0 Å². The minimum Gasteiger partial charge on any atom is -0.338 e. The Morgan fingerprint density at radius 2 is 1.47 bits per heavy atom. The summed E-state index contributed by atoms with van der Waals surface area (Å²) in [5.41, 5.74) is 4.90. The monoisotopic (exact) mass is 402 g/mol. The summed E-state index contributed by atoms with van der Waals surface area (Å²) in [6.07, 6.45) is 5.61. The molecule has 0 amide bonds. The zero-order valence-corrected chi connectivity index (χ0v) is 17.9. The van der Waals surface area contributed by atoms with Gasteiger partial charge < -0.3 is 9.80 Å². The Balaban J connectivity index is 1.50. The van der Waals surface area contributed by atoms with Gasteiger partial charge in [-0.05, 0) is 43.3 Å². The number of aryl methyl sites for hydroxylation is 1. The third-order valence-corrected chi connectivity index (χ3v) is 5.55. The molecule has 1 fully saturated rings. The summed E-state index contributed by atoms with van der Waals surface area (Å²) in [6, 6.07) is 15.0. The zero-order chi connectivity index (χ0) is 20.8. The third kappa shape index (κ3) is 5.62. The molecule has 6 heteroatoms. The minimum absolute atomic E-state index is 0.777. The van der Waals surface area contributed by atoms with Gasteiger partial charge in [-0.2, -0.15) is 0 Å². The first kappa shape index (κ1) is 20.4. The van der Waals surface area contributed by atoms with Crippen LogP contribution in [0.4, 0.5) is 5.95 Å². The molecule has 1 saturated heterocycles. The van der Waals surface area contributed by atoms with Crippen LogP contribution in [0.1, 0.15) is 22.4 Å². The molecule has 1 aliphatic rings. The molecular formula is C24H30N6. The molecule has 0 radical (unpaired) electrons. The predicted molar refractivity (Wildman–Crippen MR) is 120 cm³/mol. The molecule has 4 rings (SSSR count). The van der Waals surface area contributed by atoms with Crippen molar-refractivity contribution in [2.45, 2.75) is 26.6 Å². The Kier molecular flexibility index (Phi) is 6.67. The first-order valence-electron chi connectivity index (χ1n) is 10.6. The van der Waals surface area contributed by atoms with Gasteiger partial charge in [0, 0.05) is 64.4 Å². The standard InChI is InChI=1S/C24H30N6/c1-20-3-5-21(6-4-20)17-29(18-22-7-10-25-11-8-22)19-23-9-12-26-24(27-23)30-15-13-28(2)14-16-30/h3-12H,13-19H2,1-2H3. The molecule has 1 aliphatic heterocycles. The van der Waals surface area contributed by atoms with Crippen LogP contribution >= 0.6 is 0 Å². The van der Waals surface area contributed by atoms with Crippen LogP contribution in [-0.4, -0.2) is 58.0 Å². The summed E-state index contributed by atoms with van der Waals surface area (Å²) in [5, 5.41) is 0. The van der Waals surface area contributed by atoms with E-state index in [9.17, 15) is 0 Å². The third-order valence-electron chi connectivity index (χ3n) is 5.55. The molecule has 6 nitrogen and oxygen atoms in total. The molecule has 0 atom stereocenters. The summed E-state index contributed by atoms with van der Waals surface area (Å²) in [6.45, 7) is 8.68. The van der Waals surface area contributed by atoms with Gasteiger partial charge in [-0.25, -0.2) is 9.97 Å². The molecule has 3 aromatic rings. The smallest absolute Gasteiger partial charge is 0.225 e. The number of anilines is 1. The quantitative estimate of drug-likeness (QED) is 0.605. The lowest BCUT2D eigenvalue weighted by molar-refractivity contribution is 0.244. The highest BCUT2D eigenvalue weighted by atomic mass is 15.3. The SMILES string of the molecule is Cc1ccc(CN(Cc2ccncc2)Cc2ccnc(N3CCN(C)CC3)n2)cc1. The van der Waals surface area contributed by atoms with E-state index >= 15 is 0 Å². The topological polar surface area (TPSA) is 48.4 Å². The average Bonchev–Trinajstić information content (AvgIpc) is 2.77. The number of benzene rings is 1. The van der Waals surface area contributed by atoms with Crippen LogP contribution in [0.5, 0.6) is 0 Å². The molecule has 0 aliphatic carbocycles. The highest BCUT2D eigenvalue weighted by Crippen LogP contribution is 2.16. The van der Waals surface area contributed by atoms with Crippen LogP contribution in [0.15, 0.2) is 61.1 Å². The molecule has 30 heavy (non-hydrogen) atoms. The van der Waals surface area contributed by atoms with Gasteiger partial charge in [0.05, 0.1) is 5.69 Å². The molecular weight excluding hydrogens is 372 g/mol. The number of nitrogens with zero attached hydrogens (tertiary/aromatic N) is 6. The second-order valence-corrected chi connectivity index (χ2v) is 8.12. The van der Waals surface area contributed by atoms with Crippen LogP contribution in [0, 0.1) is 6.92 Å². The Hall–Kier alpha value is -2.83. The number of hydrogen-bond acceptors (Lipinski definition) is 6. The molecule has 3 heterocycles. The lowest BCUT2D eigenvalue weighted by Gasteiger charge is -2.32. The molecule has 0 saturated carbocycles. The summed E-state index contributed by atoms with van der Waals surface area (Å²) in [5.74, 6) is 0.847. The maximum absolute atomic E-state index is 4.90. The summed E-state index contributed by atoms with van der Waals surface area (Å²) in [7, 11) is 2.16. The van der Waals surface area contributed by atoms with E-state index < -0.39 is 0 Å². The van der Waals surface area contributed by atoms with Crippen LogP contribution in [0.25, 0.3) is 0 Å². The van der Waals surface area contributed by atoms with Gasteiger partial charge in [0.2, 0.25) is 5.95 Å². The van der Waals surface area contributed by atoms with Crippen molar-refractivity contribution in [1.29, 1.82) is 0 Å². The van der Waals surface area contributed by atoms with Crippen molar-refractivity contribution in [3.05, 3.63) is 83.4 Å². The lowest BCUT2D eigenvalue weighted by Crippen LogP contribution is -2.45. The van der Waals surface area contributed by atoms with Crippen LogP contribution in [0.3, 0.4) is 0 Å². The van der Waals surface area contributed by atoms with E-state index in [0.29, 0.717) is 0 Å². The van der Waals surface area contributed by atoms with Crippen molar-refractivity contribution in [2.75, 3.05) is 38.1 Å². The number of hydrogen-bond donors (Lipinski definition) is 0. The lowest BCUT2D eigenvalue weighted by atomic mass is 10.1. The molecule has 0 N–H and O–H groups in total. The van der Waals surface area contributed by atoms with E-state index in [1.54, 1.807) is 0 Å². The van der Waals surface area contributed by atoms with E-state index in [1.165, 1.54) is 16.7 Å². The van der Waals surface area contributed by atoms with Crippen molar-refractivity contribution in [3.63, 3.8) is 0 Å². The predicted octanol–water partition coefficient (Wildman–Crippen LogP) is 3.13. The highest BCUT2D eigenvalue weighted by molar-refractivity contribution is 5.31. The van der Waals surface area contributed by atoms with Crippen molar-refractivity contribution in [3.8, 4) is 0 Å². The van der Waals surface area contributed by atoms with Crippen molar-refractivity contribution in [1.82, 2.24) is 24.8 Å². The number of piperazine rings is 1. The number of likely N-dealkylation sites (N-methyl/N-ethyl adjacent to an activating group) is 1. The highest BCUT2D eigenvalue weighted by Gasteiger charge is 2.17. The summed E-state index contributed by atoms with van der Waals surface area (Å²) in [4.78, 5) is 20.7. The van der Waals surface area contributed by atoms with Crippen molar-refractivity contribution >= 4 is 5.95 Å². The Morgan fingerprint density at radius 3 is 2.17 bits per heavy atom. The molecule has 0 bridgehead atoms. The zero-order valence-electron chi connectivity index (χ0n) is 17.9. The molecule has 0 unspecified atom stereocenters. The normalized spacial score (nSPS) is 15.0. The van der Waals surface area contributed by atoms with Gasteiger partial charge in [-0.1, -0.05) is 29.8 Å². The van der Waals surface area contributed by atoms with Gasteiger partial charge in [0.15, 0.2) is 0 Å². The number of aromatic nitrogens is 3.